The van der Waals surface area contributed by atoms with Crippen LogP contribution >= 0.6 is 11.3 Å². The van der Waals surface area contributed by atoms with Crippen molar-refractivity contribution in [1.29, 1.82) is 0 Å². The second-order valence-corrected chi connectivity index (χ2v) is 6.67. The maximum absolute atomic E-state index is 11.7. The summed E-state index contributed by atoms with van der Waals surface area (Å²) in [6, 6.07) is 4.13. The van der Waals surface area contributed by atoms with Gasteiger partial charge < -0.3 is 0 Å². The van der Waals surface area contributed by atoms with Crippen LogP contribution in [0.15, 0.2) is 17.5 Å². The molecule has 19 heavy (non-hydrogen) atoms. The zero-order valence-electron chi connectivity index (χ0n) is 11.7. The van der Waals surface area contributed by atoms with Crippen molar-refractivity contribution < 1.29 is 8.42 Å². The van der Waals surface area contributed by atoms with Gasteiger partial charge in [0, 0.05) is 18.0 Å². The molecule has 1 aromatic heterocycles. The van der Waals surface area contributed by atoms with Crippen LogP contribution < -0.4 is 9.44 Å². The summed E-state index contributed by atoms with van der Waals surface area (Å²) in [7, 11) is -3.39. The first kappa shape index (κ1) is 16.6. The third-order valence-corrected chi connectivity index (χ3v) is 5.11. The number of rotatable bonds is 9. The first-order valence-corrected chi connectivity index (χ1v) is 8.92. The van der Waals surface area contributed by atoms with Crippen molar-refractivity contribution >= 4 is 21.5 Å². The lowest BCUT2D eigenvalue weighted by molar-refractivity contribution is 0.223. The Morgan fingerprint density at radius 3 is 2.42 bits per heavy atom. The molecule has 5 nitrogen and oxygen atoms in total. The fourth-order valence-electron chi connectivity index (χ4n) is 1.98. The molecule has 1 heterocycles. The van der Waals surface area contributed by atoms with E-state index in [1.54, 1.807) is 18.3 Å². The summed E-state index contributed by atoms with van der Waals surface area (Å²) in [6.07, 6.45) is 0. The zero-order chi connectivity index (χ0) is 14.3. The summed E-state index contributed by atoms with van der Waals surface area (Å²) < 4.78 is 28.4. The molecule has 1 rings (SSSR count). The molecule has 1 atom stereocenters. The van der Waals surface area contributed by atoms with Gasteiger partial charge in [0.15, 0.2) is 0 Å². The molecular formula is C12H23N3O2S2. The van der Waals surface area contributed by atoms with E-state index in [1.807, 2.05) is 11.4 Å². The minimum absolute atomic E-state index is 0.0865. The Bertz CT molecular complexity index is 442. The first-order valence-electron chi connectivity index (χ1n) is 6.55. The van der Waals surface area contributed by atoms with E-state index in [2.05, 4.69) is 34.3 Å². The van der Waals surface area contributed by atoms with Crippen molar-refractivity contribution in [3.63, 3.8) is 0 Å². The summed E-state index contributed by atoms with van der Waals surface area (Å²) in [4.78, 5) is 3.43. The summed E-state index contributed by atoms with van der Waals surface area (Å²) >= 11 is 1.66. The molecule has 0 aromatic carbocycles. The fourth-order valence-corrected chi connectivity index (χ4v) is 3.70. The van der Waals surface area contributed by atoms with Gasteiger partial charge >= 0.3 is 0 Å². The molecule has 0 fully saturated rings. The molecule has 0 aliphatic carbocycles. The Hall–Kier alpha value is -0.470. The molecule has 0 saturated carbocycles. The molecule has 0 aliphatic heterocycles. The molecule has 110 valence electrons. The molecule has 0 amide bonds. The summed E-state index contributed by atoms with van der Waals surface area (Å²) in [5.74, 6) is 0. The van der Waals surface area contributed by atoms with Gasteiger partial charge in [-0.15, -0.1) is 11.3 Å². The number of thiophene rings is 1. The third kappa shape index (κ3) is 5.19. The first-order chi connectivity index (χ1) is 9.04. The standard InChI is InChI=1S/C12H23N3O2S2/c1-4-13-19(16,17)14-10-11(15(5-2)6-3)12-8-7-9-18-12/h7-9,11,13-14H,4-6,10H2,1-3H3. The van der Waals surface area contributed by atoms with Crippen molar-refractivity contribution in [2.45, 2.75) is 26.8 Å². The molecule has 0 saturated heterocycles. The van der Waals surface area contributed by atoms with Crippen molar-refractivity contribution in [1.82, 2.24) is 14.3 Å². The largest absolute Gasteiger partial charge is 0.295 e. The molecule has 1 unspecified atom stereocenters. The molecule has 1 aromatic rings. The molecule has 0 radical (unpaired) electrons. The lowest BCUT2D eigenvalue weighted by Gasteiger charge is -2.29. The minimum atomic E-state index is -3.39. The van der Waals surface area contributed by atoms with Crippen LogP contribution in [0, 0.1) is 0 Å². The Morgan fingerprint density at radius 1 is 1.26 bits per heavy atom. The number of hydrogen-bond donors (Lipinski definition) is 2. The smallest absolute Gasteiger partial charge is 0.276 e. The Labute approximate surface area is 120 Å². The van der Waals surface area contributed by atoms with E-state index in [4.69, 9.17) is 0 Å². The summed E-state index contributed by atoms with van der Waals surface area (Å²) in [5, 5.41) is 2.02. The van der Waals surface area contributed by atoms with Crippen molar-refractivity contribution in [3.05, 3.63) is 22.4 Å². The van der Waals surface area contributed by atoms with Gasteiger partial charge in [0.05, 0.1) is 6.04 Å². The Morgan fingerprint density at radius 2 is 1.95 bits per heavy atom. The molecule has 7 heteroatoms. The maximum atomic E-state index is 11.7. The highest BCUT2D eigenvalue weighted by molar-refractivity contribution is 7.87. The molecule has 2 N–H and O–H groups in total. The van der Waals surface area contributed by atoms with E-state index < -0.39 is 10.2 Å². The van der Waals surface area contributed by atoms with Gasteiger partial charge in [-0.25, -0.2) is 9.44 Å². The highest BCUT2D eigenvalue weighted by atomic mass is 32.2. The monoisotopic (exact) mass is 305 g/mol. The van der Waals surface area contributed by atoms with Crippen LogP contribution in [0.5, 0.6) is 0 Å². The minimum Gasteiger partial charge on any atom is -0.295 e. The fraction of sp³-hybridized carbons (Fsp3) is 0.667. The highest BCUT2D eigenvalue weighted by Crippen LogP contribution is 2.24. The van der Waals surface area contributed by atoms with E-state index in [-0.39, 0.29) is 6.04 Å². The summed E-state index contributed by atoms with van der Waals surface area (Å²) in [6.45, 7) is 8.50. The summed E-state index contributed by atoms with van der Waals surface area (Å²) in [5.41, 5.74) is 0. The average molecular weight is 305 g/mol. The number of nitrogens with zero attached hydrogens (tertiary/aromatic N) is 1. The van der Waals surface area contributed by atoms with Gasteiger partial charge in [-0.1, -0.05) is 26.8 Å². The van der Waals surface area contributed by atoms with E-state index in [0.717, 1.165) is 13.1 Å². The van der Waals surface area contributed by atoms with Crippen LogP contribution in [0.1, 0.15) is 31.7 Å². The lowest BCUT2D eigenvalue weighted by atomic mass is 10.2. The average Bonchev–Trinajstić information content (AvgIpc) is 2.88. The zero-order valence-corrected chi connectivity index (χ0v) is 13.4. The van der Waals surface area contributed by atoms with E-state index in [1.165, 1.54) is 4.88 Å². The maximum Gasteiger partial charge on any atom is 0.276 e. The molecule has 0 bridgehead atoms. The number of hydrogen-bond acceptors (Lipinski definition) is 4. The number of likely N-dealkylation sites (N-methyl/N-ethyl adjacent to an activating group) is 1. The van der Waals surface area contributed by atoms with Crippen LogP contribution in [-0.4, -0.2) is 39.5 Å². The second-order valence-electron chi connectivity index (χ2n) is 4.10. The number of nitrogens with one attached hydrogen (secondary N) is 2. The van der Waals surface area contributed by atoms with E-state index in [0.29, 0.717) is 13.1 Å². The predicted octanol–water partition coefficient (Wildman–Crippen LogP) is 1.57. The van der Waals surface area contributed by atoms with Gasteiger partial charge in [0.2, 0.25) is 0 Å². The molecule has 0 aliphatic rings. The van der Waals surface area contributed by atoms with Crippen LogP contribution in [0.25, 0.3) is 0 Å². The Kier molecular flexibility index (Phi) is 6.95. The van der Waals surface area contributed by atoms with Crippen molar-refractivity contribution in [2.75, 3.05) is 26.2 Å². The van der Waals surface area contributed by atoms with E-state index >= 15 is 0 Å². The SMILES string of the molecule is CCNS(=O)(=O)NCC(c1cccs1)N(CC)CC. The van der Waals surface area contributed by atoms with Crippen LogP contribution in [-0.2, 0) is 10.2 Å². The van der Waals surface area contributed by atoms with Gasteiger partial charge in [-0.2, -0.15) is 8.42 Å². The van der Waals surface area contributed by atoms with Gasteiger partial charge in [0.25, 0.3) is 10.2 Å². The normalized spacial score (nSPS) is 13.9. The van der Waals surface area contributed by atoms with Gasteiger partial charge in [-0.3, -0.25) is 4.90 Å². The topological polar surface area (TPSA) is 61.4 Å². The van der Waals surface area contributed by atoms with Crippen LogP contribution in [0.3, 0.4) is 0 Å². The van der Waals surface area contributed by atoms with E-state index in [9.17, 15) is 8.42 Å². The third-order valence-electron chi connectivity index (χ3n) is 2.93. The van der Waals surface area contributed by atoms with Gasteiger partial charge in [0.1, 0.15) is 0 Å². The van der Waals surface area contributed by atoms with Gasteiger partial charge in [-0.05, 0) is 24.5 Å². The highest BCUT2D eigenvalue weighted by Gasteiger charge is 2.21. The predicted molar refractivity (Wildman–Crippen MR) is 80.6 cm³/mol. The second kappa shape index (κ2) is 7.96. The molecule has 0 spiro atoms. The quantitative estimate of drug-likeness (QED) is 0.728. The lowest BCUT2D eigenvalue weighted by Crippen LogP contribution is -2.42. The Balaban J connectivity index is 2.76. The molecular weight excluding hydrogens is 282 g/mol. The van der Waals surface area contributed by atoms with Crippen molar-refractivity contribution in [3.8, 4) is 0 Å². The van der Waals surface area contributed by atoms with Crippen molar-refractivity contribution in [2.24, 2.45) is 0 Å². The van der Waals surface area contributed by atoms with Crippen LogP contribution in [0.4, 0.5) is 0 Å². The van der Waals surface area contributed by atoms with Crippen LogP contribution in [0.2, 0.25) is 0 Å².